The van der Waals surface area contributed by atoms with E-state index in [1.807, 2.05) is 17.4 Å². The molecule has 0 aliphatic rings. The lowest BCUT2D eigenvalue weighted by atomic mass is 10.4. The van der Waals surface area contributed by atoms with Crippen LogP contribution in [0.15, 0.2) is 5.38 Å². The minimum Gasteiger partial charge on any atom is -0.348 e. The molecule has 7 nitrogen and oxygen atoms in total. The van der Waals surface area contributed by atoms with Crippen LogP contribution in [0.1, 0.15) is 15.5 Å². The number of likely N-dealkylation sites (N-methyl/N-ethyl adjacent to an activating group) is 2. The summed E-state index contributed by atoms with van der Waals surface area (Å²) in [6, 6.07) is 0. The molecule has 0 saturated heterocycles. The van der Waals surface area contributed by atoms with Gasteiger partial charge in [-0.1, -0.05) is 0 Å². The molecule has 0 saturated carbocycles. The number of carbonyl (C=O) groups is 2. The van der Waals surface area contributed by atoms with Gasteiger partial charge >= 0.3 is 0 Å². The first kappa shape index (κ1) is 14.6. The topological polar surface area (TPSA) is 91.6 Å². The monoisotopic (exact) mass is 271 g/mol. The van der Waals surface area contributed by atoms with Crippen LogP contribution in [0.25, 0.3) is 0 Å². The van der Waals surface area contributed by atoms with E-state index in [1.165, 1.54) is 16.2 Å². The summed E-state index contributed by atoms with van der Waals surface area (Å²) in [6.07, 6.45) is 0. The van der Waals surface area contributed by atoms with Gasteiger partial charge in [0.05, 0.1) is 12.2 Å². The van der Waals surface area contributed by atoms with Crippen molar-refractivity contribution in [3.05, 3.63) is 16.1 Å². The van der Waals surface area contributed by atoms with E-state index in [2.05, 4.69) is 4.98 Å². The number of carbonyl (C=O) groups excluding carboxylic acids is 2. The fourth-order valence-electron chi connectivity index (χ4n) is 1.25. The summed E-state index contributed by atoms with van der Waals surface area (Å²) < 4.78 is 0. The third-order valence-corrected chi connectivity index (χ3v) is 3.10. The van der Waals surface area contributed by atoms with Crippen molar-refractivity contribution in [2.75, 3.05) is 27.7 Å². The molecule has 0 aromatic carbocycles. The fraction of sp³-hybridized carbons (Fsp3) is 0.500. The van der Waals surface area contributed by atoms with Gasteiger partial charge < -0.3 is 4.90 Å². The van der Waals surface area contributed by atoms with Crippen molar-refractivity contribution in [2.24, 2.45) is 5.84 Å². The average molecular weight is 271 g/mol. The number of hydrazine groups is 1. The molecule has 1 heterocycles. The number of nitrogens with one attached hydrogen (secondary N) is 1. The Balaban J connectivity index is 2.54. The zero-order chi connectivity index (χ0) is 13.7. The van der Waals surface area contributed by atoms with E-state index < -0.39 is 5.91 Å². The highest BCUT2D eigenvalue weighted by atomic mass is 32.1. The summed E-state index contributed by atoms with van der Waals surface area (Å²) in [7, 11) is 5.24. The van der Waals surface area contributed by atoms with Crippen molar-refractivity contribution in [1.82, 2.24) is 20.2 Å². The van der Waals surface area contributed by atoms with E-state index in [1.54, 1.807) is 19.5 Å². The zero-order valence-corrected chi connectivity index (χ0v) is 11.5. The van der Waals surface area contributed by atoms with Gasteiger partial charge in [0.15, 0.2) is 5.01 Å². The number of rotatable bonds is 5. The number of thiazole rings is 1. The number of nitrogens with two attached hydrogens (primary N) is 1. The molecule has 2 amide bonds. The van der Waals surface area contributed by atoms with Crippen LogP contribution in [0.2, 0.25) is 0 Å². The molecule has 0 fully saturated rings. The Bertz CT molecular complexity index is 432. The summed E-state index contributed by atoms with van der Waals surface area (Å²) in [4.78, 5) is 30.2. The molecule has 1 rings (SSSR count). The molecule has 1 aromatic heterocycles. The highest BCUT2D eigenvalue weighted by Crippen LogP contribution is 2.11. The molecule has 0 aliphatic carbocycles. The van der Waals surface area contributed by atoms with Crippen LogP contribution in [0.4, 0.5) is 0 Å². The molecule has 3 N–H and O–H groups in total. The standard InChI is InChI=1S/C10H17N5O2S/c1-14(2)8(16)5-15(3)4-7-6-18-10(12-7)9(17)13-11/h6H,4-5,11H2,1-3H3,(H,13,17). The fourth-order valence-corrected chi connectivity index (χ4v) is 1.96. The van der Waals surface area contributed by atoms with Crippen LogP contribution in [0, 0.1) is 0 Å². The number of hydrogen-bond donors (Lipinski definition) is 2. The molecule has 18 heavy (non-hydrogen) atoms. The van der Waals surface area contributed by atoms with Gasteiger partial charge in [0, 0.05) is 26.0 Å². The Morgan fingerprint density at radius 3 is 2.67 bits per heavy atom. The minimum atomic E-state index is -0.404. The average Bonchev–Trinajstić information content (AvgIpc) is 2.76. The molecule has 100 valence electrons. The van der Waals surface area contributed by atoms with Crippen molar-refractivity contribution in [3.8, 4) is 0 Å². The predicted molar refractivity (Wildman–Crippen MR) is 68.8 cm³/mol. The Morgan fingerprint density at radius 1 is 1.44 bits per heavy atom. The van der Waals surface area contributed by atoms with Crippen molar-refractivity contribution in [3.63, 3.8) is 0 Å². The first-order valence-corrected chi connectivity index (χ1v) is 6.16. The van der Waals surface area contributed by atoms with Gasteiger partial charge in [-0.2, -0.15) is 0 Å². The maximum Gasteiger partial charge on any atom is 0.294 e. The molecule has 0 bridgehead atoms. The Labute approximate surface area is 110 Å². The molecule has 0 aliphatic heterocycles. The molecular weight excluding hydrogens is 254 g/mol. The van der Waals surface area contributed by atoms with Crippen LogP contribution >= 0.6 is 11.3 Å². The van der Waals surface area contributed by atoms with Crippen LogP contribution in [0.5, 0.6) is 0 Å². The quantitative estimate of drug-likeness (QED) is 0.418. The second-order valence-corrected chi connectivity index (χ2v) is 4.94. The van der Waals surface area contributed by atoms with Crippen molar-refractivity contribution in [2.45, 2.75) is 6.54 Å². The van der Waals surface area contributed by atoms with E-state index in [9.17, 15) is 9.59 Å². The zero-order valence-electron chi connectivity index (χ0n) is 10.6. The Morgan fingerprint density at radius 2 is 2.11 bits per heavy atom. The van der Waals surface area contributed by atoms with Crippen molar-refractivity contribution >= 4 is 23.2 Å². The van der Waals surface area contributed by atoms with Gasteiger partial charge in [-0.05, 0) is 7.05 Å². The van der Waals surface area contributed by atoms with Gasteiger partial charge in [-0.3, -0.25) is 19.9 Å². The third kappa shape index (κ3) is 4.06. The highest BCUT2D eigenvalue weighted by molar-refractivity contribution is 7.11. The first-order chi connectivity index (χ1) is 8.43. The summed E-state index contributed by atoms with van der Waals surface area (Å²) in [5.41, 5.74) is 2.77. The van der Waals surface area contributed by atoms with Crippen molar-refractivity contribution in [1.29, 1.82) is 0 Å². The highest BCUT2D eigenvalue weighted by Gasteiger charge is 2.13. The number of hydrogen-bond acceptors (Lipinski definition) is 6. The molecule has 1 aromatic rings. The lowest BCUT2D eigenvalue weighted by molar-refractivity contribution is -0.129. The maximum atomic E-state index is 11.5. The predicted octanol–water partition coefficient (Wildman–Crippen LogP) is -0.733. The lowest BCUT2D eigenvalue weighted by Gasteiger charge is -2.17. The second-order valence-electron chi connectivity index (χ2n) is 4.08. The van der Waals surface area contributed by atoms with Gasteiger partial charge in [-0.15, -0.1) is 11.3 Å². The molecule has 0 spiro atoms. The molecular formula is C10H17N5O2S. The van der Waals surface area contributed by atoms with E-state index >= 15 is 0 Å². The van der Waals surface area contributed by atoms with Gasteiger partial charge in [-0.25, -0.2) is 10.8 Å². The third-order valence-electron chi connectivity index (χ3n) is 2.21. The normalized spacial score (nSPS) is 10.5. The summed E-state index contributed by atoms with van der Waals surface area (Å²) in [5.74, 6) is 4.64. The number of nitrogen functional groups attached to an aromatic ring is 1. The van der Waals surface area contributed by atoms with E-state index in [4.69, 9.17) is 5.84 Å². The van der Waals surface area contributed by atoms with Gasteiger partial charge in [0.25, 0.3) is 5.91 Å². The lowest BCUT2D eigenvalue weighted by Crippen LogP contribution is -2.34. The number of nitrogens with zero attached hydrogens (tertiary/aromatic N) is 3. The summed E-state index contributed by atoms with van der Waals surface area (Å²) in [5, 5.41) is 2.10. The largest absolute Gasteiger partial charge is 0.348 e. The van der Waals surface area contributed by atoms with Crippen LogP contribution < -0.4 is 11.3 Å². The number of aromatic nitrogens is 1. The van der Waals surface area contributed by atoms with Gasteiger partial charge in [0.1, 0.15) is 0 Å². The molecule has 0 unspecified atom stereocenters. The second kappa shape index (κ2) is 6.43. The number of amides is 2. The maximum absolute atomic E-state index is 11.5. The summed E-state index contributed by atoms with van der Waals surface area (Å²) >= 11 is 1.22. The van der Waals surface area contributed by atoms with Crippen LogP contribution in [-0.4, -0.2) is 54.3 Å². The van der Waals surface area contributed by atoms with Crippen LogP contribution in [0.3, 0.4) is 0 Å². The minimum absolute atomic E-state index is 0.0210. The first-order valence-electron chi connectivity index (χ1n) is 5.28. The van der Waals surface area contributed by atoms with Crippen LogP contribution in [-0.2, 0) is 11.3 Å². The van der Waals surface area contributed by atoms with Crippen molar-refractivity contribution < 1.29 is 9.59 Å². The van der Waals surface area contributed by atoms with E-state index in [-0.39, 0.29) is 5.91 Å². The Hall–Kier alpha value is -1.51. The molecule has 0 atom stereocenters. The van der Waals surface area contributed by atoms with E-state index in [0.29, 0.717) is 18.1 Å². The Kier molecular flexibility index (Phi) is 5.20. The van der Waals surface area contributed by atoms with E-state index in [0.717, 1.165) is 5.69 Å². The molecule has 8 heteroatoms. The molecule has 0 radical (unpaired) electrons. The van der Waals surface area contributed by atoms with Gasteiger partial charge in [0.2, 0.25) is 5.91 Å². The smallest absolute Gasteiger partial charge is 0.294 e. The summed E-state index contributed by atoms with van der Waals surface area (Å²) in [6.45, 7) is 0.816. The SMILES string of the molecule is CN(CC(=O)N(C)C)Cc1csc(C(=O)NN)n1.